The van der Waals surface area contributed by atoms with E-state index in [4.69, 9.17) is 4.74 Å². The van der Waals surface area contributed by atoms with Crippen molar-refractivity contribution in [1.82, 2.24) is 9.21 Å². The van der Waals surface area contributed by atoms with Crippen LogP contribution in [-0.2, 0) is 10.0 Å². The number of sulfonamides is 1. The number of methoxy groups -OCH3 is 1. The molecule has 1 saturated carbocycles. The first-order chi connectivity index (χ1) is 12.4. The zero-order chi connectivity index (χ0) is 18.7. The molecule has 2 fully saturated rings. The van der Waals surface area contributed by atoms with Crippen molar-refractivity contribution in [3.05, 3.63) is 23.8 Å². The molecule has 0 bridgehead atoms. The van der Waals surface area contributed by atoms with Crippen LogP contribution in [0.1, 0.15) is 55.3 Å². The van der Waals surface area contributed by atoms with Crippen molar-refractivity contribution in [2.24, 2.45) is 0 Å². The lowest BCUT2D eigenvalue weighted by Crippen LogP contribution is -2.37. The summed E-state index contributed by atoms with van der Waals surface area (Å²) in [6.45, 7) is 1.08. The number of rotatable bonds is 5. The highest BCUT2D eigenvalue weighted by molar-refractivity contribution is 7.89. The Morgan fingerprint density at radius 3 is 2.38 bits per heavy atom. The molecule has 6 nitrogen and oxygen atoms in total. The van der Waals surface area contributed by atoms with E-state index < -0.39 is 10.0 Å². The number of piperidine rings is 1. The SMILES string of the molecule is COc1ccc(S(=O)(=O)N2CCCCC2)cc1C(=O)N(C)C1CCCC1. The number of carbonyl (C=O) groups excluding carboxylic acids is 1. The predicted molar refractivity (Wildman–Crippen MR) is 100.0 cm³/mol. The van der Waals surface area contributed by atoms with E-state index in [9.17, 15) is 13.2 Å². The van der Waals surface area contributed by atoms with Crippen LogP contribution >= 0.6 is 0 Å². The minimum absolute atomic E-state index is 0.170. The van der Waals surface area contributed by atoms with Crippen molar-refractivity contribution in [3.8, 4) is 5.75 Å². The Morgan fingerprint density at radius 1 is 1.12 bits per heavy atom. The molecule has 1 heterocycles. The van der Waals surface area contributed by atoms with Gasteiger partial charge in [-0.05, 0) is 43.9 Å². The van der Waals surface area contributed by atoms with Gasteiger partial charge >= 0.3 is 0 Å². The van der Waals surface area contributed by atoms with Crippen LogP contribution in [0.15, 0.2) is 23.1 Å². The second-order valence-electron chi connectivity index (χ2n) is 7.18. The molecule has 1 amide bonds. The highest BCUT2D eigenvalue weighted by Crippen LogP contribution is 2.29. The monoisotopic (exact) mass is 380 g/mol. The van der Waals surface area contributed by atoms with Crippen LogP contribution in [0, 0.1) is 0 Å². The third-order valence-corrected chi connectivity index (χ3v) is 7.44. The highest BCUT2D eigenvalue weighted by atomic mass is 32.2. The average Bonchev–Trinajstić information content (AvgIpc) is 3.21. The Morgan fingerprint density at radius 2 is 1.77 bits per heavy atom. The fourth-order valence-electron chi connectivity index (χ4n) is 3.92. The summed E-state index contributed by atoms with van der Waals surface area (Å²) in [5.41, 5.74) is 0.319. The fourth-order valence-corrected chi connectivity index (χ4v) is 5.46. The Bertz CT molecular complexity index is 751. The molecule has 2 aliphatic rings. The van der Waals surface area contributed by atoms with Gasteiger partial charge in [0.05, 0.1) is 17.6 Å². The van der Waals surface area contributed by atoms with E-state index in [2.05, 4.69) is 0 Å². The lowest BCUT2D eigenvalue weighted by molar-refractivity contribution is 0.0731. The number of amides is 1. The average molecular weight is 381 g/mol. The molecular weight excluding hydrogens is 352 g/mol. The van der Waals surface area contributed by atoms with E-state index in [-0.39, 0.29) is 16.8 Å². The van der Waals surface area contributed by atoms with Crippen LogP contribution < -0.4 is 4.74 Å². The van der Waals surface area contributed by atoms with Gasteiger partial charge in [-0.25, -0.2) is 8.42 Å². The van der Waals surface area contributed by atoms with Gasteiger partial charge in [0.1, 0.15) is 5.75 Å². The number of hydrogen-bond acceptors (Lipinski definition) is 4. The molecule has 3 rings (SSSR count). The maximum atomic E-state index is 13.0. The molecule has 0 spiro atoms. The molecule has 0 radical (unpaired) electrons. The van der Waals surface area contributed by atoms with Crippen LogP contribution in [0.2, 0.25) is 0 Å². The van der Waals surface area contributed by atoms with E-state index >= 15 is 0 Å². The molecule has 1 aliphatic heterocycles. The van der Waals surface area contributed by atoms with Gasteiger partial charge < -0.3 is 9.64 Å². The van der Waals surface area contributed by atoms with Crippen molar-refractivity contribution in [1.29, 1.82) is 0 Å². The lowest BCUT2D eigenvalue weighted by atomic mass is 10.1. The standard InChI is InChI=1S/C19H28N2O4S/c1-20(15-8-4-5-9-15)19(22)17-14-16(10-11-18(17)25-2)26(23,24)21-12-6-3-7-13-21/h10-11,14-15H,3-9,12-13H2,1-2H3. The van der Waals surface area contributed by atoms with E-state index in [0.29, 0.717) is 24.4 Å². The molecule has 1 saturated heterocycles. The smallest absolute Gasteiger partial charge is 0.257 e. The normalized spacial score (nSPS) is 19.5. The molecule has 1 aromatic rings. The Balaban J connectivity index is 1.92. The van der Waals surface area contributed by atoms with Gasteiger partial charge in [-0.3, -0.25) is 4.79 Å². The summed E-state index contributed by atoms with van der Waals surface area (Å²) in [6, 6.07) is 4.83. The maximum Gasteiger partial charge on any atom is 0.257 e. The van der Waals surface area contributed by atoms with Gasteiger partial charge in [-0.15, -0.1) is 0 Å². The highest BCUT2D eigenvalue weighted by Gasteiger charge is 2.30. The van der Waals surface area contributed by atoms with Crippen molar-refractivity contribution in [3.63, 3.8) is 0 Å². The van der Waals surface area contributed by atoms with Crippen molar-refractivity contribution >= 4 is 15.9 Å². The zero-order valence-corrected chi connectivity index (χ0v) is 16.4. The largest absolute Gasteiger partial charge is 0.496 e. The molecule has 0 unspecified atom stereocenters. The summed E-state index contributed by atoms with van der Waals surface area (Å²) in [5, 5.41) is 0. The van der Waals surface area contributed by atoms with E-state index in [1.807, 2.05) is 0 Å². The summed E-state index contributed by atoms with van der Waals surface area (Å²) in [5.74, 6) is 0.238. The fraction of sp³-hybridized carbons (Fsp3) is 0.632. The number of nitrogens with zero attached hydrogens (tertiary/aromatic N) is 2. The third-order valence-electron chi connectivity index (χ3n) is 5.55. The first-order valence-electron chi connectivity index (χ1n) is 9.40. The van der Waals surface area contributed by atoms with Gasteiger partial charge in [0.2, 0.25) is 10.0 Å². The second kappa shape index (κ2) is 7.96. The van der Waals surface area contributed by atoms with Crippen molar-refractivity contribution < 1.29 is 17.9 Å². The first-order valence-corrected chi connectivity index (χ1v) is 10.8. The topological polar surface area (TPSA) is 66.9 Å². The Kier molecular flexibility index (Phi) is 5.87. The summed E-state index contributed by atoms with van der Waals surface area (Å²) >= 11 is 0. The van der Waals surface area contributed by atoms with Crippen LogP contribution in [0.3, 0.4) is 0 Å². The molecule has 1 aliphatic carbocycles. The summed E-state index contributed by atoms with van der Waals surface area (Å²) in [6.07, 6.45) is 7.07. The molecule has 144 valence electrons. The van der Waals surface area contributed by atoms with Crippen molar-refractivity contribution in [2.45, 2.75) is 55.9 Å². The number of hydrogen-bond donors (Lipinski definition) is 0. The maximum absolute atomic E-state index is 13.0. The molecule has 0 aromatic heterocycles. The molecule has 26 heavy (non-hydrogen) atoms. The quantitative estimate of drug-likeness (QED) is 0.788. The molecule has 0 N–H and O–H groups in total. The number of benzene rings is 1. The van der Waals surface area contributed by atoms with Gasteiger partial charge in [-0.1, -0.05) is 19.3 Å². The van der Waals surface area contributed by atoms with Crippen LogP contribution in [0.4, 0.5) is 0 Å². The minimum atomic E-state index is -3.58. The van der Waals surface area contributed by atoms with E-state index in [0.717, 1.165) is 44.9 Å². The van der Waals surface area contributed by atoms with Gasteiger partial charge in [0.15, 0.2) is 0 Å². The zero-order valence-electron chi connectivity index (χ0n) is 15.6. The van der Waals surface area contributed by atoms with Crippen LogP contribution in [-0.4, -0.2) is 56.8 Å². The summed E-state index contributed by atoms with van der Waals surface area (Å²) in [7, 11) is -0.285. The van der Waals surface area contributed by atoms with Gasteiger partial charge in [-0.2, -0.15) is 4.31 Å². The van der Waals surface area contributed by atoms with E-state index in [1.165, 1.54) is 23.5 Å². The Hall–Kier alpha value is -1.60. The summed E-state index contributed by atoms with van der Waals surface area (Å²) in [4.78, 5) is 14.9. The number of ether oxygens (including phenoxy) is 1. The lowest BCUT2D eigenvalue weighted by Gasteiger charge is -2.27. The summed E-state index contributed by atoms with van der Waals surface area (Å²) < 4.78 is 32.8. The van der Waals surface area contributed by atoms with Crippen molar-refractivity contribution in [2.75, 3.05) is 27.2 Å². The van der Waals surface area contributed by atoms with Gasteiger partial charge in [0, 0.05) is 26.2 Å². The predicted octanol–water partition coefficient (Wildman–Crippen LogP) is 2.88. The van der Waals surface area contributed by atoms with Gasteiger partial charge in [0.25, 0.3) is 5.91 Å². The molecule has 7 heteroatoms. The van der Waals surface area contributed by atoms with Crippen LogP contribution in [0.25, 0.3) is 0 Å². The third kappa shape index (κ3) is 3.74. The second-order valence-corrected chi connectivity index (χ2v) is 9.12. The number of carbonyl (C=O) groups is 1. The van der Waals surface area contributed by atoms with Crippen LogP contribution in [0.5, 0.6) is 5.75 Å². The minimum Gasteiger partial charge on any atom is -0.496 e. The molecule has 1 aromatic carbocycles. The molecular formula is C19H28N2O4S. The molecule has 0 atom stereocenters. The Labute approximate surface area is 156 Å². The first kappa shape index (κ1) is 19.2. The van der Waals surface area contributed by atoms with E-state index in [1.54, 1.807) is 18.0 Å².